The number of amides is 2. The molecule has 170 valence electrons. The second-order valence-corrected chi connectivity index (χ2v) is 10.3. The van der Waals surface area contributed by atoms with Gasteiger partial charge < -0.3 is 9.80 Å². The summed E-state index contributed by atoms with van der Waals surface area (Å²) in [4.78, 5) is 28.0. The lowest BCUT2D eigenvalue weighted by atomic mass is 10.1. The Bertz CT molecular complexity index is 1100. The van der Waals surface area contributed by atoms with Crippen LogP contribution in [0.3, 0.4) is 0 Å². The highest BCUT2D eigenvalue weighted by Crippen LogP contribution is 2.27. The molecule has 2 aliphatic rings. The third-order valence-corrected chi connectivity index (χ3v) is 8.48. The van der Waals surface area contributed by atoms with E-state index in [9.17, 15) is 26.8 Å². The molecule has 32 heavy (non-hydrogen) atoms. The average Bonchev–Trinajstić information content (AvgIpc) is 3.28. The van der Waals surface area contributed by atoms with Crippen LogP contribution in [-0.4, -0.2) is 78.2 Å². The summed E-state index contributed by atoms with van der Waals surface area (Å²) < 4.78 is 54.5. The summed E-state index contributed by atoms with van der Waals surface area (Å²) in [6.07, 6.45) is 0. The fraction of sp³-hybridized carbons (Fsp3) is 0.333. The van der Waals surface area contributed by atoms with Crippen LogP contribution < -0.4 is 0 Å². The second kappa shape index (κ2) is 9.16. The molecule has 0 radical (unpaired) electrons. The number of thioether (sulfide) groups is 1. The van der Waals surface area contributed by atoms with Crippen molar-refractivity contribution in [2.24, 2.45) is 0 Å². The molecule has 2 amide bonds. The first kappa shape index (κ1) is 22.7. The van der Waals surface area contributed by atoms with Gasteiger partial charge in [-0.2, -0.15) is 4.31 Å². The summed E-state index contributed by atoms with van der Waals surface area (Å²) in [5.41, 5.74) is 0.496. The van der Waals surface area contributed by atoms with Gasteiger partial charge in [0.1, 0.15) is 17.7 Å². The van der Waals surface area contributed by atoms with E-state index < -0.39 is 32.6 Å². The molecule has 2 fully saturated rings. The van der Waals surface area contributed by atoms with Crippen LogP contribution in [0.4, 0.5) is 8.78 Å². The first-order valence-electron chi connectivity index (χ1n) is 9.97. The van der Waals surface area contributed by atoms with E-state index in [1.807, 2.05) is 0 Å². The molecule has 0 aromatic heterocycles. The molecule has 4 rings (SSSR count). The molecule has 0 unspecified atom stereocenters. The van der Waals surface area contributed by atoms with Crippen molar-refractivity contribution in [2.45, 2.75) is 10.9 Å². The number of carbonyl (C=O) groups is 2. The van der Waals surface area contributed by atoms with Crippen LogP contribution in [0.1, 0.15) is 10.4 Å². The molecule has 2 saturated heterocycles. The largest absolute Gasteiger partial charge is 0.338 e. The Labute approximate surface area is 189 Å². The van der Waals surface area contributed by atoms with Crippen molar-refractivity contribution in [1.29, 1.82) is 0 Å². The SMILES string of the molecule is O=C([C@@H]1CSCN1C(=O)c1ccccc1)N1CCN(S(=O)(=O)c2c(F)cccc2F)CC1. The zero-order valence-corrected chi connectivity index (χ0v) is 18.6. The standard InChI is InChI=1S/C21H21F2N3O4S2/c22-16-7-4-8-17(23)19(16)32(29,30)25-11-9-24(10-12-25)21(28)18-13-31-14-26(18)20(27)15-5-2-1-3-6-15/h1-8,18H,9-14H2/t18-/m0/s1. The van der Waals surface area contributed by atoms with E-state index in [1.54, 1.807) is 30.3 Å². The number of hydrogen-bond donors (Lipinski definition) is 0. The molecule has 2 aliphatic heterocycles. The molecular weight excluding hydrogens is 460 g/mol. The molecule has 2 heterocycles. The smallest absolute Gasteiger partial charge is 0.255 e. The van der Waals surface area contributed by atoms with Crippen molar-refractivity contribution in [3.63, 3.8) is 0 Å². The maximum atomic E-state index is 14.0. The second-order valence-electron chi connectivity index (χ2n) is 7.44. The average molecular weight is 482 g/mol. The summed E-state index contributed by atoms with van der Waals surface area (Å²) in [5.74, 6) is -1.94. The van der Waals surface area contributed by atoms with Crippen molar-refractivity contribution in [1.82, 2.24) is 14.1 Å². The maximum absolute atomic E-state index is 14.0. The number of halogens is 2. The topological polar surface area (TPSA) is 78.0 Å². The highest BCUT2D eigenvalue weighted by Gasteiger charge is 2.40. The van der Waals surface area contributed by atoms with Gasteiger partial charge in [-0.15, -0.1) is 11.8 Å². The molecule has 7 nitrogen and oxygen atoms in total. The van der Waals surface area contributed by atoms with Gasteiger partial charge in [-0.05, 0) is 24.3 Å². The van der Waals surface area contributed by atoms with Gasteiger partial charge in [-0.1, -0.05) is 24.3 Å². The third kappa shape index (κ3) is 4.24. The minimum atomic E-state index is -4.38. The Morgan fingerprint density at radius 1 is 0.906 bits per heavy atom. The number of sulfonamides is 1. The van der Waals surface area contributed by atoms with Crippen LogP contribution in [0.2, 0.25) is 0 Å². The minimum absolute atomic E-state index is 0.0721. The zero-order valence-electron chi connectivity index (χ0n) is 17.0. The van der Waals surface area contributed by atoms with Gasteiger partial charge in [0.15, 0.2) is 4.90 Å². The van der Waals surface area contributed by atoms with Gasteiger partial charge in [-0.3, -0.25) is 9.59 Å². The number of piperazine rings is 1. The monoisotopic (exact) mass is 481 g/mol. The lowest BCUT2D eigenvalue weighted by molar-refractivity contribution is -0.136. The molecule has 0 saturated carbocycles. The van der Waals surface area contributed by atoms with Crippen LogP contribution in [0.25, 0.3) is 0 Å². The van der Waals surface area contributed by atoms with Crippen LogP contribution in [0.5, 0.6) is 0 Å². The van der Waals surface area contributed by atoms with Crippen molar-refractivity contribution in [3.05, 3.63) is 65.7 Å². The number of hydrogen-bond acceptors (Lipinski definition) is 5. The Kier molecular flexibility index (Phi) is 6.50. The molecule has 1 atom stereocenters. The van der Waals surface area contributed by atoms with Crippen molar-refractivity contribution >= 4 is 33.6 Å². The van der Waals surface area contributed by atoms with Crippen molar-refractivity contribution in [3.8, 4) is 0 Å². The van der Waals surface area contributed by atoms with Crippen molar-refractivity contribution in [2.75, 3.05) is 37.8 Å². The summed E-state index contributed by atoms with van der Waals surface area (Å²) in [6.45, 7) is -0.0337. The Balaban J connectivity index is 1.44. The molecule has 2 aromatic carbocycles. The van der Waals surface area contributed by atoms with E-state index in [1.165, 1.54) is 21.6 Å². The minimum Gasteiger partial charge on any atom is -0.338 e. The van der Waals surface area contributed by atoms with E-state index >= 15 is 0 Å². The van der Waals surface area contributed by atoms with Gasteiger partial charge in [-0.25, -0.2) is 17.2 Å². The lowest BCUT2D eigenvalue weighted by Gasteiger charge is -2.36. The van der Waals surface area contributed by atoms with Gasteiger partial charge in [0.05, 0.1) is 5.88 Å². The first-order chi connectivity index (χ1) is 15.3. The van der Waals surface area contributed by atoms with E-state index in [0.29, 0.717) is 17.2 Å². The van der Waals surface area contributed by atoms with E-state index in [4.69, 9.17) is 0 Å². The van der Waals surface area contributed by atoms with Gasteiger partial charge in [0.25, 0.3) is 5.91 Å². The van der Waals surface area contributed by atoms with Crippen LogP contribution >= 0.6 is 11.8 Å². The van der Waals surface area contributed by atoms with E-state index in [0.717, 1.165) is 22.5 Å². The van der Waals surface area contributed by atoms with Crippen LogP contribution in [-0.2, 0) is 14.8 Å². The normalized spacial score (nSPS) is 19.9. The number of rotatable bonds is 4. The Hall–Kier alpha value is -2.50. The molecule has 0 spiro atoms. The first-order valence-corrected chi connectivity index (χ1v) is 12.6. The molecule has 0 bridgehead atoms. The maximum Gasteiger partial charge on any atom is 0.255 e. The summed E-state index contributed by atoms with van der Waals surface area (Å²) in [6, 6.07) is 11.0. The lowest BCUT2D eigenvalue weighted by Crippen LogP contribution is -2.56. The van der Waals surface area contributed by atoms with Gasteiger partial charge in [0, 0.05) is 37.5 Å². The van der Waals surface area contributed by atoms with E-state index in [-0.39, 0.29) is 38.0 Å². The number of benzene rings is 2. The molecule has 2 aromatic rings. The Morgan fingerprint density at radius 3 is 2.16 bits per heavy atom. The van der Waals surface area contributed by atoms with E-state index in [2.05, 4.69) is 0 Å². The summed E-state index contributed by atoms with van der Waals surface area (Å²) >= 11 is 1.48. The fourth-order valence-electron chi connectivity index (χ4n) is 3.81. The predicted octanol–water partition coefficient (Wildman–Crippen LogP) is 2.01. The zero-order chi connectivity index (χ0) is 22.9. The van der Waals surface area contributed by atoms with Crippen LogP contribution in [0.15, 0.2) is 53.4 Å². The summed E-state index contributed by atoms with van der Waals surface area (Å²) in [7, 11) is -4.38. The molecular formula is C21H21F2N3O4S2. The highest BCUT2D eigenvalue weighted by atomic mass is 32.2. The fourth-order valence-corrected chi connectivity index (χ4v) is 6.49. The number of nitrogens with zero attached hydrogens (tertiary/aromatic N) is 3. The quantitative estimate of drug-likeness (QED) is 0.668. The number of carbonyl (C=O) groups excluding carboxylic acids is 2. The molecule has 11 heteroatoms. The predicted molar refractivity (Wildman–Crippen MR) is 115 cm³/mol. The van der Waals surface area contributed by atoms with Crippen molar-refractivity contribution < 1.29 is 26.8 Å². The highest BCUT2D eigenvalue weighted by molar-refractivity contribution is 7.99. The Morgan fingerprint density at radius 2 is 1.53 bits per heavy atom. The molecule has 0 N–H and O–H groups in total. The van der Waals surface area contributed by atoms with Gasteiger partial charge in [0.2, 0.25) is 15.9 Å². The summed E-state index contributed by atoms with van der Waals surface area (Å²) in [5, 5.41) is 0. The third-order valence-electron chi connectivity index (χ3n) is 5.52. The van der Waals surface area contributed by atoms with Gasteiger partial charge >= 0.3 is 0 Å². The van der Waals surface area contributed by atoms with Crippen LogP contribution in [0, 0.1) is 11.6 Å². The molecule has 0 aliphatic carbocycles.